The molecule has 1 aromatic carbocycles. The van der Waals surface area contributed by atoms with Gasteiger partial charge in [0.15, 0.2) is 5.82 Å². The first-order valence-corrected chi connectivity index (χ1v) is 5.54. The van der Waals surface area contributed by atoms with E-state index in [0.29, 0.717) is 12.2 Å². The molecule has 0 spiro atoms. The van der Waals surface area contributed by atoms with Crippen molar-refractivity contribution in [2.75, 3.05) is 5.73 Å². The Morgan fingerprint density at radius 1 is 1.12 bits per heavy atom. The van der Waals surface area contributed by atoms with E-state index in [9.17, 15) is 0 Å². The highest BCUT2D eigenvalue weighted by Gasteiger charge is 2.14. The van der Waals surface area contributed by atoms with Crippen molar-refractivity contribution in [3.8, 4) is 0 Å². The summed E-state index contributed by atoms with van der Waals surface area (Å²) in [5, 5.41) is 0. The molecule has 0 aliphatic carbocycles. The predicted octanol–water partition coefficient (Wildman–Crippen LogP) is 1.91. The summed E-state index contributed by atoms with van der Waals surface area (Å²) in [5.74, 6) is 2.01. The number of anilines is 1. The lowest BCUT2D eigenvalue weighted by atomic mass is 10.1. The van der Waals surface area contributed by atoms with Gasteiger partial charge in [-0.2, -0.15) is 0 Å². The molecule has 84 valence electrons. The van der Waals surface area contributed by atoms with Gasteiger partial charge in [-0.25, -0.2) is 15.0 Å². The van der Waals surface area contributed by atoms with Gasteiger partial charge in [0, 0.05) is 24.6 Å². The van der Waals surface area contributed by atoms with Crippen LogP contribution in [0, 0.1) is 0 Å². The van der Waals surface area contributed by atoms with Crippen molar-refractivity contribution in [2.45, 2.75) is 12.8 Å². The summed E-state index contributed by atoms with van der Waals surface area (Å²) >= 11 is 0. The van der Waals surface area contributed by atoms with Gasteiger partial charge in [0.1, 0.15) is 11.6 Å². The normalized spacial score (nSPS) is 12.7. The molecule has 1 aliphatic rings. The molecule has 2 aromatic rings. The molecule has 0 bridgehead atoms. The lowest BCUT2D eigenvalue weighted by Gasteiger charge is -2.05. The summed E-state index contributed by atoms with van der Waals surface area (Å²) in [6.45, 7) is 0. The van der Waals surface area contributed by atoms with Crippen molar-refractivity contribution >= 4 is 17.9 Å². The molecular formula is C13H12N4. The molecule has 0 atom stereocenters. The predicted molar refractivity (Wildman–Crippen MR) is 67.5 cm³/mol. The Bertz CT molecular complexity index is 575. The summed E-state index contributed by atoms with van der Waals surface area (Å²) in [6, 6.07) is 10.1. The van der Waals surface area contributed by atoms with E-state index >= 15 is 0 Å². The van der Waals surface area contributed by atoms with Gasteiger partial charge in [-0.15, -0.1) is 0 Å². The average Bonchev–Trinajstić information content (AvgIpc) is 2.79. The van der Waals surface area contributed by atoms with E-state index in [1.54, 1.807) is 0 Å². The van der Waals surface area contributed by atoms with Gasteiger partial charge in [-0.1, -0.05) is 30.3 Å². The fourth-order valence-corrected chi connectivity index (χ4v) is 1.92. The molecule has 0 fully saturated rings. The van der Waals surface area contributed by atoms with Gasteiger partial charge >= 0.3 is 0 Å². The molecule has 0 saturated carbocycles. The quantitative estimate of drug-likeness (QED) is 0.847. The molecule has 17 heavy (non-hydrogen) atoms. The van der Waals surface area contributed by atoms with Crippen molar-refractivity contribution < 1.29 is 0 Å². The van der Waals surface area contributed by atoms with Crippen LogP contribution in [0.2, 0.25) is 0 Å². The minimum Gasteiger partial charge on any atom is -0.383 e. The maximum absolute atomic E-state index is 5.90. The number of hydrogen-bond acceptors (Lipinski definition) is 4. The molecule has 1 aromatic heterocycles. The molecule has 0 saturated heterocycles. The number of benzene rings is 1. The number of nitrogens with two attached hydrogens (primary N) is 1. The van der Waals surface area contributed by atoms with E-state index in [2.05, 4.69) is 27.1 Å². The van der Waals surface area contributed by atoms with E-state index in [0.717, 1.165) is 23.6 Å². The molecule has 1 aliphatic heterocycles. The van der Waals surface area contributed by atoms with E-state index < -0.39 is 0 Å². The van der Waals surface area contributed by atoms with E-state index in [4.69, 9.17) is 5.73 Å². The number of aromatic nitrogens is 2. The van der Waals surface area contributed by atoms with Gasteiger partial charge in [0.25, 0.3) is 0 Å². The van der Waals surface area contributed by atoms with Crippen molar-refractivity contribution in [3.63, 3.8) is 0 Å². The van der Waals surface area contributed by atoms with Gasteiger partial charge in [0.05, 0.1) is 0 Å². The molecule has 2 N–H and O–H groups in total. The SMILES string of the molecule is Nc1nc(Cc2ccccc2)nc2c1CC=N2. The standard InChI is InChI=1S/C13H12N4/c14-12-10-6-7-15-13(10)17-11(16-12)8-9-4-2-1-3-5-9/h1-5,7H,6,8H2,(H2,14,16,17). The molecule has 0 amide bonds. The van der Waals surface area contributed by atoms with Crippen LogP contribution in [0.3, 0.4) is 0 Å². The van der Waals surface area contributed by atoms with Gasteiger partial charge in [0.2, 0.25) is 0 Å². The van der Waals surface area contributed by atoms with Crippen LogP contribution in [0.4, 0.5) is 11.6 Å². The summed E-state index contributed by atoms with van der Waals surface area (Å²) < 4.78 is 0. The number of fused-ring (bicyclic) bond motifs is 1. The second kappa shape index (κ2) is 3.97. The largest absolute Gasteiger partial charge is 0.383 e. The van der Waals surface area contributed by atoms with E-state index in [1.807, 2.05) is 24.4 Å². The third-order valence-electron chi connectivity index (χ3n) is 2.78. The Morgan fingerprint density at radius 2 is 1.94 bits per heavy atom. The van der Waals surface area contributed by atoms with Crippen molar-refractivity contribution in [3.05, 3.63) is 47.3 Å². The highest BCUT2D eigenvalue weighted by molar-refractivity contribution is 5.77. The highest BCUT2D eigenvalue weighted by Crippen LogP contribution is 2.26. The van der Waals surface area contributed by atoms with Crippen molar-refractivity contribution in [1.82, 2.24) is 9.97 Å². The fourth-order valence-electron chi connectivity index (χ4n) is 1.92. The molecule has 4 heteroatoms. The Hall–Kier alpha value is -2.23. The van der Waals surface area contributed by atoms with Crippen LogP contribution in [-0.2, 0) is 12.8 Å². The second-order valence-corrected chi connectivity index (χ2v) is 4.01. The molecule has 0 radical (unpaired) electrons. The van der Waals surface area contributed by atoms with Crippen LogP contribution in [0.5, 0.6) is 0 Å². The Kier molecular flexibility index (Phi) is 2.33. The maximum atomic E-state index is 5.90. The number of nitrogen functional groups attached to an aromatic ring is 1. The Labute approximate surface area is 99.3 Å². The van der Waals surface area contributed by atoms with Crippen molar-refractivity contribution in [2.24, 2.45) is 4.99 Å². The lowest BCUT2D eigenvalue weighted by Crippen LogP contribution is -2.03. The first kappa shape index (κ1) is 9.96. The third kappa shape index (κ3) is 1.89. The number of nitrogens with zero attached hydrogens (tertiary/aromatic N) is 3. The minimum atomic E-state index is 0.554. The van der Waals surface area contributed by atoms with Crippen molar-refractivity contribution in [1.29, 1.82) is 0 Å². The van der Waals surface area contributed by atoms with Crippen LogP contribution >= 0.6 is 0 Å². The summed E-state index contributed by atoms with van der Waals surface area (Å²) in [7, 11) is 0. The van der Waals surface area contributed by atoms with Crippen LogP contribution in [0.1, 0.15) is 17.0 Å². The van der Waals surface area contributed by atoms with E-state index in [1.165, 1.54) is 5.56 Å². The van der Waals surface area contributed by atoms with E-state index in [-0.39, 0.29) is 0 Å². The summed E-state index contributed by atoms with van der Waals surface area (Å²) in [6.07, 6.45) is 3.25. The first-order chi connectivity index (χ1) is 8.33. The maximum Gasteiger partial charge on any atom is 0.160 e. The van der Waals surface area contributed by atoms with Crippen LogP contribution in [0.15, 0.2) is 35.3 Å². The zero-order valence-corrected chi connectivity index (χ0v) is 9.30. The smallest absolute Gasteiger partial charge is 0.160 e. The van der Waals surface area contributed by atoms with Crippen LogP contribution in [0.25, 0.3) is 0 Å². The average molecular weight is 224 g/mol. The van der Waals surface area contributed by atoms with Gasteiger partial charge in [-0.05, 0) is 5.56 Å². The molecule has 0 unspecified atom stereocenters. The third-order valence-corrected chi connectivity index (χ3v) is 2.78. The van der Waals surface area contributed by atoms with Crippen LogP contribution in [-0.4, -0.2) is 16.2 Å². The monoisotopic (exact) mass is 224 g/mol. The van der Waals surface area contributed by atoms with Crippen LogP contribution < -0.4 is 5.73 Å². The minimum absolute atomic E-state index is 0.554. The number of hydrogen-bond donors (Lipinski definition) is 1. The topological polar surface area (TPSA) is 64.2 Å². The fraction of sp³-hybridized carbons (Fsp3) is 0.154. The summed E-state index contributed by atoms with van der Waals surface area (Å²) in [5.41, 5.74) is 8.02. The number of aliphatic imine (C=N–C) groups is 1. The number of rotatable bonds is 2. The first-order valence-electron chi connectivity index (χ1n) is 5.54. The highest BCUT2D eigenvalue weighted by atomic mass is 15.0. The Balaban J connectivity index is 1.94. The van der Waals surface area contributed by atoms with Gasteiger partial charge < -0.3 is 5.73 Å². The second-order valence-electron chi connectivity index (χ2n) is 4.01. The summed E-state index contributed by atoms with van der Waals surface area (Å²) in [4.78, 5) is 13.0. The Morgan fingerprint density at radius 3 is 2.76 bits per heavy atom. The molecule has 4 nitrogen and oxygen atoms in total. The van der Waals surface area contributed by atoms with Gasteiger partial charge in [-0.3, -0.25) is 0 Å². The zero-order valence-electron chi connectivity index (χ0n) is 9.30. The lowest BCUT2D eigenvalue weighted by molar-refractivity contribution is 0.965. The molecular weight excluding hydrogens is 212 g/mol. The molecule has 3 rings (SSSR count). The zero-order chi connectivity index (χ0) is 11.7. The molecule has 2 heterocycles.